The van der Waals surface area contributed by atoms with E-state index >= 15 is 0 Å². The lowest BCUT2D eigenvalue weighted by atomic mass is 10.2. The summed E-state index contributed by atoms with van der Waals surface area (Å²) in [5, 5.41) is 14.4. The number of hydrogen-bond acceptors (Lipinski definition) is 5. The fourth-order valence-electron chi connectivity index (χ4n) is 2.41. The average Bonchev–Trinajstić information content (AvgIpc) is 3.20. The van der Waals surface area contributed by atoms with Crippen molar-refractivity contribution in [1.29, 1.82) is 0 Å². The first-order valence-corrected chi connectivity index (χ1v) is 7.22. The van der Waals surface area contributed by atoms with Crippen molar-refractivity contribution in [2.24, 2.45) is 0 Å². The van der Waals surface area contributed by atoms with Crippen LogP contribution in [0.1, 0.15) is 11.5 Å². The van der Waals surface area contributed by atoms with Crippen molar-refractivity contribution in [1.82, 2.24) is 14.7 Å². The van der Waals surface area contributed by atoms with Gasteiger partial charge in [-0.15, -0.1) is 0 Å². The molecule has 3 rings (SSSR count). The molecule has 0 spiro atoms. The Balaban J connectivity index is 1.61. The molecule has 1 N–H and O–H groups in total. The molecule has 6 nitrogen and oxygen atoms in total. The second kappa shape index (κ2) is 7.11. The third kappa shape index (κ3) is 4.09. The van der Waals surface area contributed by atoms with Crippen molar-refractivity contribution >= 4 is 0 Å². The Labute approximate surface area is 128 Å². The summed E-state index contributed by atoms with van der Waals surface area (Å²) < 4.78 is 12.5. The maximum Gasteiger partial charge on any atom is 0.117 e. The van der Waals surface area contributed by atoms with E-state index in [4.69, 9.17) is 8.83 Å². The second-order valence-electron chi connectivity index (χ2n) is 5.21. The van der Waals surface area contributed by atoms with Crippen LogP contribution in [-0.4, -0.2) is 32.4 Å². The van der Waals surface area contributed by atoms with E-state index in [1.807, 2.05) is 36.5 Å². The van der Waals surface area contributed by atoms with Gasteiger partial charge in [0, 0.05) is 18.9 Å². The standard InChI is InChI=1S/C16H19N3O3/c20-14(11-19-7-3-6-17-19)10-18(12-15-4-1-8-21-15)13-16-5-2-9-22-16/h1-9,14,20H,10-13H2. The van der Waals surface area contributed by atoms with Crippen molar-refractivity contribution < 1.29 is 13.9 Å². The summed E-state index contributed by atoms with van der Waals surface area (Å²) in [5.74, 6) is 1.72. The molecule has 3 aromatic rings. The van der Waals surface area contributed by atoms with Gasteiger partial charge in [0.25, 0.3) is 0 Å². The van der Waals surface area contributed by atoms with Crippen LogP contribution in [0.3, 0.4) is 0 Å². The van der Waals surface area contributed by atoms with Crippen LogP contribution in [0.2, 0.25) is 0 Å². The van der Waals surface area contributed by atoms with Crippen LogP contribution in [0, 0.1) is 0 Å². The molecule has 0 radical (unpaired) electrons. The van der Waals surface area contributed by atoms with E-state index in [0.717, 1.165) is 11.5 Å². The molecule has 0 aliphatic carbocycles. The lowest BCUT2D eigenvalue weighted by Gasteiger charge is -2.23. The van der Waals surface area contributed by atoms with E-state index in [1.165, 1.54) is 0 Å². The molecule has 0 aliphatic heterocycles. The smallest absolute Gasteiger partial charge is 0.117 e. The molecule has 3 heterocycles. The van der Waals surface area contributed by atoms with Crippen molar-refractivity contribution in [3.05, 3.63) is 66.8 Å². The number of hydrogen-bond donors (Lipinski definition) is 1. The molecule has 3 aromatic heterocycles. The van der Waals surface area contributed by atoms with E-state index in [-0.39, 0.29) is 0 Å². The number of rotatable bonds is 8. The van der Waals surface area contributed by atoms with Gasteiger partial charge in [-0.3, -0.25) is 9.58 Å². The number of nitrogens with zero attached hydrogens (tertiary/aromatic N) is 3. The first kappa shape index (κ1) is 14.6. The highest BCUT2D eigenvalue weighted by atomic mass is 16.3. The molecule has 116 valence electrons. The third-order valence-electron chi connectivity index (χ3n) is 3.35. The van der Waals surface area contributed by atoms with Gasteiger partial charge >= 0.3 is 0 Å². The van der Waals surface area contributed by atoms with E-state index < -0.39 is 6.10 Å². The van der Waals surface area contributed by atoms with Gasteiger partial charge in [-0.05, 0) is 30.3 Å². The Bertz CT molecular complexity index is 596. The zero-order valence-electron chi connectivity index (χ0n) is 12.2. The van der Waals surface area contributed by atoms with Crippen molar-refractivity contribution in [3.8, 4) is 0 Å². The van der Waals surface area contributed by atoms with Gasteiger partial charge in [0.15, 0.2) is 0 Å². The molecular formula is C16H19N3O3. The summed E-state index contributed by atoms with van der Waals surface area (Å²) in [6.45, 7) is 2.19. The minimum atomic E-state index is -0.523. The van der Waals surface area contributed by atoms with Gasteiger partial charge in [-0.25, -0.2) is 0 Å². The van der Waals surface area contributed by atoms with Crippen LogP contribution in [-0.2, 0) is 19.6 Å². The van der Waals surface area contributed by atoms with Gasteiger partial charge in [0.05, 0.1) is 38.3 Å². The Morgan fingerprint density at radius 2 is 1.77 bits per heavy atom. The predicted octanol–water partition coefficient (Wildman–Crippen LogP) is 2.13. The highest BCUT2D eigenvalue weighted by Gasteiger charge is 2.16. The molecule has 0 saturated carbocycles. The SMILES string of the molecule is OC(CN(Cc1ccco1)Cc1ccco1)Cn1cccn1. The monoisotopic (exact) mass is 301 g/mol. The fraction of sp³-hybridized carbons (Fsp3) is 0.312. The molecule has 1 atom stereocenters. The summed E-state index contributed by atoms with van der Waals surface area (Å²) >= 11 is 0. The third-order valence-corrected chi connectivity index (χ3v) is 3.35. The highest BCUT2D eigenvalue weighted by molar-refractivity contribution is 5.01. The van der Waals surface area contributed by atoms with E-state index in [0.29, 0.717) is 26.2 Å². The van der Waals surface area contributed by atoms with E-state index in [9.17, 15) is 5.11 Å². The molecule has 22 heavy (non-hydrogen) atoms. The molecule has 0 aromatic carbocycles. The van der Waals surface area contributed by atoms with Crippen LogP contribution in [0.5, 0.6) is 0 Å². The second-order valence-corrected chi connectivity index (χ2v) is 5.21. The zero-order valence-corrected chi connectivity index (χ0v) is 12.2. The molecule has 6 heteroatoms. The topological polar surface area (TPSA) is 67.6 Å². The zero-order chi connectivity index (χ0) is 15.2. The highest BCUT2D eigenvalue weighted by Crippen LogP contribution is 2.12. The fourth-order valence-corrected chi connectivity index (χ4v) is 2.41. The summed E-state index contributed by atoms with van der Waals surface area (Å²) in [7, 11) is 0. The molecule has 0 amide bonds. The number of furan rings is 2. The first-order chi connectivity index (χ1) is 10.8. The largest absolute Gasteiger partial charge is 0.468 e. The van der Waals surface area contributed by atoms with Crippen LogP contribution >= 0.6 is 0 Å². The lowest BCUT2D eigenvalue weighted by molar-refractivity contribution is 0.0809. The molecule has 0 saturated heterocycles. The summed E-state index contributed by atoms with van der Waals surface area (Å²) in [6, 6.07) is 9.42. The normalized spacial score (nSPS) is 12.8. The van der Waals surface area contributed by atoms with Crippen molar-refractivity contribution in [2.45, 2.75) is 25.7 Å². The van der Waals surface area contributed by atoms with Crippen LogP contribution in [0.15, 0.2) is 64.1 Å². The molecular weight excluding hydrogens is 282 g/mol. The predicted molar refractivity (Wildman–Crippen MR) is 79.8 cm³/mol. The maximum atomic E-state index is 10.3. The quantitative estimate of drug-likeness (QED) is 0.690. The Hall–Kier alpha value is -2.31. The summed E-state index contributed by atoms with van der Waals surface area (Å²) in [5.41, 5.74) is 0. The van der Waals surface area contributed by atoms with Crippen molar-refractivity contribution in [2.75, 3.05) is 6.54 Å². The van der Waals surface area contributed by atoms with Gasteiger partial charge in [0.2, 0.25) is 0 Å². The minimum absolute atomic E-state index is 0.458. The minimum Gasteiger partial charge on any atom is -0.468 e. The van der Waals surface area contributed by atoms with Crippen LogP contribution < -0.4 is 0 Å². The number of aliphatic hydroxyl groups is 1. The summed E-state index contributed by atoms with van der Waals surface area (Å²) in [6.07, 6.45) is 6.33. The van der Waals surface area contributed by atoms with Gasteiger partial charge < -0.3 is 13.9 Å². The number of aliphatic hydroxyl groups excluding tert-OH is 1. The molecule has 1 unspecified atom stereocenters. The van der Waals surface area contributed by atoms with Gasteiger partial charge in [-0.2, -0.15) is 5.10 Å². The van der Waals surface area contributed by atoms with E-state index in [2.05, 4.69) is 10.00 Å². The van der Waals surface area contributed by atoms with Crippen molar-refractivity contribution in [3.63, 3.8) is 0 Å². The van der Waals surface area contributed by atoms with Crippen LogP contribution in [0.4, 0.5) is 0 Å². The summed E-state index contributed by atoms with van der Waals surface area (Å²) in [4.78, 5) is 2.09. The average molecular weight is 301 g/mol. The van der Waals surface area contributed by atoms with Gasteiger partial charge in [0.1, 0.15) is 11.5 Å². The molecule has 0 aliphatic rings. The first-order valence-electron chi connectivity index (χ1n) is 7.22. The van der Waals surface area contributed by atoms with E-state index in [1.54, 1.807) is 23.4 Å². The van der Waals surface area contributed by atoms with Crippen LogP contribution in [0.25, 0.3) is 0 Å². The maximum absolute atomic E-state index is 10.3. The Morgan fingerprint density at radius 1 is 1.09 bits per heavy atom. The lowest BCUT2D eigenvalue weighted by Crippen LogP contribution is -2.34. The van der Waals surface area contributed by atoms with Gasteiger partial charge in [-0.1, -0.05) is 0 Å². The Morgan fingerprint density at radius 3 is 2.27 bits per heavy atom. The molecule has 0 bridgehead atoms. The number of aromatic nitrogens is 2. The Kier molecular flexibility index (Phi) is 4.72. The molecule has 0 fully saturated rings.